The zero-order valence-electron chi connectivity index (χ0n) is 12.4. The quantitative estimate of drug-likeness (QED) is 0.770. The normalized spacial score (nSPS) is 18.6. The highest BCUT2D eigenvalue weighted by atomic mass is 16.2. The van der Waals surface area contributed by atoms with Crippen molar-refractivity contribution in [2.24, 2.45) is 0 Å². The van der Waals surface area contributed by atoms with Crippen molar-refractivity contribution in [3.05, 3.63) is 71.3 Å². The third kappa shape index (κ3) is 2.75. The average Bonchev–Trinajstić information content (AvgIpc) is 2.48. The smallest absolute Gasteiger partial charge is 0.229 e. The van der Waals surface area contributed by atoms with Crippen molar-refractivity contribution < 1.29 is 4.79 Å². The van der Waals surface area contributed by atoms with E-state index in [9.17, 15) is 4.79 Å². The van der Waals surface area contributed by atoms with Crippen LogP contribution in [0.3, 0.4) is 0 Å². The Morgan fingerprint density at radius 2 is 1.76 bits per heavy atom. The fourth-order valence-electron chi connectivity index (χ4n) is 2.72. The number of β-lactam (4-membered cyclic amide) rings is 1. The van der Waals surface area contributed by atoms with E-state index in [1.54, 1.807) is 0 Å². The second-order valence-electron chi connectivity index (χ2n) is 5.62. The lowest BCUT2D eigenvalue weighted by Gasteiger charge is -2.41. The van der Waals surface area contributed by atoms with Gasteiger partial charge in [-0.15, -0.1) is 0 Å². The Labute approximate surface area is 125 Å². The van der Waals surface area contributed by atoms with Gasteiger partial charge in [-0.05, 0) is 37.1 Å². The van der Waals surface area contributed by atoms with Crippen LogP contribution in [-0.2, 0) is 4.79 Å². The molecule has 0 aliphatic carbocycles. The second-order valence-corrected chi connectivity index (χ2v) is 5.62. The third-order valence-electron chi connectivity index (χ3n) is 3.98. The van der Waals surface area contributed by atoms with E-state index in [1.807, 2.05) is 47.4 Å². The predicted octanol–water partition coefficient (Wildman–Crippen LogP) is 4.20. The molecule has 0 spiro atoms. The molecule has 1 amide bonds. The van der Waals surface area contributed by atoms with Crippen LogP contribution < -0.4 is 4.90 Å². The van der Waals surface area contributed by atoms with Gasteiger partial charge in [0.1, 0.15) is 0 Å². The van der Waals surface area contributed by atoms with Gasteiger partial charge in [-0.25, -0.2) is 0 Å². The minimum Gasteiger partial charge on any atom is -0.305 e. The van der Waals surface area contributed by atoms with Crippen LogP contribution in [0, 0.1) is 6.92 Å². The first-order valence-electron chi connectivity index (χ1n) is 7.27. The van der Waals surface area contributed by atoms with Crippen LogP contribution in [-0.4, -0.2) is 11.9 Å². The SMILES string of the molecule is C/C(=C/c1ccccc1)C1CC(=O)N1c1ccc(C)cc1. The fourth-order valence-corrected chi connectivity index (χ4v) is 2.72. The number of hydrogen-bond acceptors (Lipinski definition) is 1. The third-order valence-corrected chi connectivity index (χ3v) is 3.98. The minimum absolute atomic E-state index is 0.181. The molecule has 2 heteroatoms. The molecular formula is C19H19NO. The Kier molecular flexibility index (Phi) is 3.61. The lowest BCUT2D eigenvalue weighted by atomic mass is 9.92. The Balaban J connectivity index is 1.84. The van der Waals surface area contributed by atoms with E-state index in [-0.39, 0.29) is 11.9 Å². The summed E-state index contributed by atoms with van der Waals surface area (Å²) in [7, 11) is 0. The van der Waals surface area contributed by atoms with Gasteiger partial charge in [0.05, 0.1) is 12.5 Å². The summed E-state index contributed by atoms with van der Waals surface area (Å²) in [6.07, 6.45) is 2.77. The predicted molar refractivity (Wildman–Crippen MR) is 87.2 cm³/mol. The number of carbonyl (C=O) groups excluding carboxylic acids is 1. The summed E-state index contributed by atoms with van der Waals surface area (Å²) in [5.41, 5.74) is 4.60. The maximum absolute atomic E-state index is 12.0. The van der Waals surface area contributed by atoms with Gasteiger partial charge in [-0.1, -0.05) is 54.1 Å². The standard InChI is InChI=1S/C19H19NO/c1-14-8-10-17(11-9-14)20-18(13-19(20)21)15(2)12-16-6-4-3-5-7-16/h3-12,18H,13H2,1-2H3/b15-12-. The molecule has 1 heterocycles. The van der Waals surface area contributed by atoms with Gasteiger partial charge in [0, 0.05) is 5.69 Å². The van der Waals surface area contributed by atoms with Crippen molar-refractivity contribution in [2.45, 2.75) is 26.3 Å². The van der Waals surface area contributed by atoms with E-state index in [1.165, 1.54) is 16.7 Å². The zero-order valence-corrected chi connectivity index (χ0v) is 12.4. The molecule has 2 nitrogen and oxygen atoms in total. The van der Waals surface area contributed by atoms with Crippen LogP contribution in [0.1, 0.15) is 24.5 Å². The molecule has 1 unspecified atom stereocenters. The van der Waals surface area contributed by atoms with E-state index in [4.69, 9.17) is 0 Å². The van der Waals surface area contributed by atoms with Gasteiger partial charge in [0.25, 0.3) is 0 Å². The summed E-state index contributed by atoms with van der Waals surface area (Å²) < 4.78 is 0. The summed E-state index contributed by atoms with van der Waals surface area (Å²) in [6.45, 7) is 4.16. The zero-order chi connectivity index (χ0) is 14.8. The Morgan fingerprint density at radius 1 is 1.10 bits per heavy atom. The first-order chi connectivity index (χ1) is 10.1. The summed E-state index contributed by atoms with van der Waals surface area (Å²) in [6, 6.07) is 18.6. The number of aryl methyl sites for hydroxylation is 1. The van der Waals surface area contributed by atoms with Gasteiger partial charge >= 0.3 is 0 Å². The summed E-state index contributed by atoms with van der Waals surface area (Å²) in [5.74, 6) is 0.199. The summed E-state index contributed by atoms with van der Waals surface area (Å²) in [4.78, 5) is 13.9. The molecule has 106 valence electrons. The van der Waals surface area contributed by atoms with Crippen molar-refractivity contribution in [2.75, 3.05) is 4.90 Å². The number of anilines is 1. The number of nitrogens with zero attached hydrogens (tertiary/aromatic N) is 1. The van der Waals surface area contributed by atoms with E-state index in [0.717, 1.165) is 5.69 Å². The molecule has 0 saturated carbocycles. The van der Waals surface area contributed by atoms with E-state index in [0.29, 0.717) is 6.42 Å². The summed E-state index contributed by atoms with van der Waals surface area (Å²) >= 11 is 0. The lowest BCUT2D eigenvalue weighted by molar-refractivity contribution is -0.123. The topological polar surface area (TPSA) is 20.3 Å². The van der Waals surface area contributed by atoms with Crippen molar-refractivity contribution >= 4 is 17.7 Å². The largest absolute Gasteiger partial charge is 0.305 e. The fraction of sp³-hybridized carbons (Fsp3) is 0.211. The van der Waals surface area contributed by atoms with Gasteiger partial charge in [0.15, 0.2) is 0 Å². The Bertz CT molecular complexity index is 670. The minimum atomic E-state index is 0.181. The molecule has 3 rings (SSSR count). The molecule has 1 atom stereocenters. The van der Waals surface area contributed by atoms with Crippen LogP contribution >= 0.6 is 0 Å². The number of benzene rings is 2. The second kappa shape index (κ2) is 5.57. The molecule has 0 bridgehead atoms. The Hall–Kier alpha value is -2.35. The molecular weight excluding hydrogens is 258 g/mol. The van der Waals surface area contributed by atoms with Crippen molar-refractivity contribution in [1.29, 1.82) is 0 Å². The molecule has 0 radical (unpaired) electrons. The molecule has 0 aromatic heterocycles. The molecule has 1 aliphatic rings. The van der Waals surface area contributed by atoms with Gasteiger partial charge in [-0.3, -0.25) is 4.79 Å². The first kappa shape index (κ1) is 13.6. The van der Waals surface area contributed by atoms with E-state index in [2.05, 4.69) is 32.1 Å². The Morgan fingerprint density at radius 3 is 2.38 bits per heavy atom. The lowest BCUT2D eigenvalue weighted by Crippen LogP contribution is -2.53. The molecule has 21 heavy (non-hydrogen) atoms. The number of amides is 1. The van der Waals surface area contributed by atoms with E-state index < -0.39 is 0 Å². The average molecular weight is 277 g/mol. The van der Waals surface area contributed by atoms with Gasteiger partial charge in [-0.2, -0.15) is 0 Å². The highest BCUT2D eigenvalue weighted by Crippen LogP contribution is 2.32. The van der Waals surface area contributed by atoms with Crippen molar-refractivity contribution in [1.82, 2.24) is 0 Å². The highest BCUT2D eigenvalue weighted by Gasteiger charge is 2.37. The molecule has 0 N–H and O–H groups in total. The number of hydrogen-bond donors (Lipinski definition) is 0. The summed E-state index contributed by atoms with van der Waals surface area (Å²) in [5, 5.41) is 0. The molecule has 1 aliphatic heterocycles. The van der Waals surface area contributed by atoms with E-state index >= 15 is 0 Å². The van der Waals surface area contributed by atoms with Crippen LogP contribution in [0.25, 0.3) is 6.08 Å². The van der Waals surface area contributed by atoms with Crippen molar-refractivity contribution in [3.63, 3.8) is 0 Å². The van der Waals surface area contributed by atoms with Crippen LogP contribution in [0.2, 0.25) is 0 Å². The molecule has 1 fully saturated rings. The first-order valence-corrected chi connectivity index (χ1v) is 7.27. The maximum Gasteiger partial charge on any atom is 0.229 e. The molecule has 2 aromatic rings. The van der Waals surface area contributed by atoms with Crippen LogP contribution in [0.15, 0.2) is 60.2 Å². The molecule has 1 saturated heterocycles. The number of carbonyl (C=O) groups is 1. The maximum atomic E-state index is 12.0. The van der Waals surface area contributed by atoms with Gasteiger partial charge < -0.3 is 4.90 Å². The van der Waals surface area contributed by atoms with Gasteiger partial charge in [0.2, 0.25) is 5.91 Å². The molecule has 2 aromatic carbocycles. The van der Waals surface area contributed by atoms with Crippen LogP contribution in [0.5, 0.6) is 0 Å². The highest BCUT2D eigenvalue weighted by molar-refractivity contribution is 6.02. The number of rotatable bonds is 3. The van der Waals surface area contributed by atoms with Crippen molar-refractivity contribution in [3.8, 4) is 0 Å². The van der Waals surface area contributed by atoms with Crippen LogP contribution in [0.4, 0.5) is 5.69 Å². The monoisotopic (exact) mass is 277 g/mol.